The van der Waals surface area contributed by atoms with E-state index in [9.17, 15) is 4.79 Å². The van der Waals surface area contributed by atoms with Crippen LogP contribution in [-0.2, 0) is 9.53 Å². The zero-order chi connectivity index (χ0) is 11.0. The molecule has 2 nitrogen and oxygen atoms in total. The van der Waals surface area contributed by atoms with Gasteiger partial charge in [-0.1, -0.05) is 32.8 Å². The van der Waals surface area contributed by atoms with Crippen LogP contribution in [0.2, 0.25) is 0 Å². The van der Waals surface area contributed by atoms with Crippen LogP contribution in [0.15, 0.2) is 11.6 Å². The highest BCUT2D eigenvalue weighted by Crippen LogP contribution is 2.11. The lowest BCUT2D eigenvalue weighted by atomic mass is 10.1. The number of allylic oxidation sites excluding steroid dienone is 1. The predicted octanol–water partition coefficient (Wildman–Crippen LogP) is 3.46. The first-order valence-corrected chi connectivity index (χ1v) is 5.49. The van der Waals surface area contributed by atoms with Crippen LogP contribution in [0.3, 0.4) is 0 Å². The van der Waals surface area contributed by atoms with Crippen LogP contribution in [0.25, 0.3) is 0 Å². The minimum Gasteiger partial charge on any atom is -0.459 e. The van der Waals surface area contributed by atoms with Gasteiger partial charge in [0.05, 0.1) is 0 Å². The monoisotopic (exact) mass is 198 g/mol. The van der Waals surface area contributed by atoms with Crippen LogP contribution in [0.1, 0.15) is 53.4 Å². The Kier molecular flexibility index (Phi) is 7.17. The van der Waals surface area contributed by atoms with Gasteiger partial charge in [0, 0.05) is 5.57 Å². The van der Waals surface area contributed by atoms with E-state index in [1.807, 2.05) is 6.92 Å². The van der Waals surface area contributed by atoms with E-state index in [0.717, 1.165) is 25.7 Å². The summed E-state index contributed by atoms with van der Waals surface area (Å²) in [4.78, 5) is 11.4. The predicted molar refractivity (Wildman–Crippen MR) is 59.1 cm³/mol. The van der Waals surface area contributed by atoms with Gasteiger partial charge in [-0.05, 0) is 26.7 Å². The smallest absolute Gasteiger partial charge is 0.333 e. The number of carbonyl (C=O) groups excluding carboxylic acids is 1. The molecule has 0 atom stereocenters. The summed E-state index contributed by atoms with van der Waals surface area (Å²) < 4.78 is 5.38. The van der Waals surface area contributed by atoms with Crippen LogP contribution < -0.4 is 0 Å². The first kappa shape index (κ1) is 13.2. The van der Waals surface area contributed by atoms with E-state index in [0.29, 0.717) is 5.57 Å². The van der Waals surface area contributed by atoms with Gasteiger partial charge < -0.3 is 4.74 Å². The zero-order valence-electron chi connectivity index (χ0n) is 9.80. The molecule has 0 saturated carbocycles. The van der Waals surface area contributed by atoms with Crippen molar-refractivity contribution in [2.24, 2.45) is 0 Å². The number of esters is 1. The molecule has 0 N–H and O–H groups in total. The third kappa shape index (κ3) is 5.05. The average molecular weight is 198 g/mol. The van der Waals surface area contributed by atoms with E-state index in [1.54, 1.807) is 13.0 Å². The van der Waals surface area contributed by atoms with E-state index in [-0.39, 0.29) is 12.1 Å². The van der Waals surface area contributed by atoms with Crippen molar-refractivity contribution in [2.75, 3.05) is 0 Å². The maximum absolute atomic E-state index is 11.4. The molecule has 0 spiro atoms. The highest BCUT2D eigenvalue weighted by atomic mass is 16.5. The fraction of sp³-hybridized carbons (Fsp3) is 0.750. The molecule has 0 aliphatic rings. The van der Waals surface area contributed by atoms with Crippen molar-refractivity contribution in [2.45, 2.75) is 59.5 Å². The second-order valence-electron chi connectivity index (χ2n) is 3.58. The molecule has 0 amide bonds. The van der Waals surface area contributed by atoms with Crippen LogP contribution in [0.5, 0.6) is 0 Å². The maximum Gasteiger partial charge on any atom is 0.333 e. The Morgan fingerprint density at radius 1 is 1.29 bits per heavy atom. The van der Waals surface area contributed by atoms with Gasteiger partial charge in [0.2, 0.25) is 0 Å². The summed E-state index contributed by atoms with van der Waals surface area (Å²) in [6.45, 7) is 7.86. The molecule has 0 heterocycles. The Morgan fingerprint density at radius 2 is 1.79 bits per heavy atom. The Labute approximate surface area is 87.3 Å². The first-order chi connectivity index (χ1) is 6.65. The maximum atomic E-state index is 11.4. The topological polar surface area (TPSA) is 26.3 Å². The van der Waals surface area contributed by atoms with Gasteiger partial charge in [0.1, 0.15) is 6.10 Å². The van der Waals surface area contributed by atoms with Gasteiger partial charge in [-0.15, -0.1) is 0 Å². The van der Waals surface area contributed by atoms with Gasteiger partial charge in [0.15, 0.2) is 0 Å². The molecule has 0 saturated heterocycles. The normalized spacial score (nSPS) is 11.9. The fourth-order valence-electron chi connectivity index (χ4n) is 1.27. The molecule has 0 bridgehead atoms. The van der Waals surface area contributed by atoms with Crippen molar-refractivity contribution in [3.05, 3.63) is 11.6 Å². The summed E-state index contributed by atoms with van der Waals surface area (Å²) in [6, 6.07) is 0. The summed E-state index contributed by atoms with van der Waals surface area (Å²) in [5.74, 6) is -0.167. The van der Waals surface area contributed by atoms with Gasteiger partial charge in [-0.2, -0.15) is 0 Å². The van der Waals surface area contributed by atoms with Crippen molar-refractivity contribution in [3.8, 4) is 0 Å². The van der Waals surface area contributed by atoms with Crippen molar-refractivity contribution in [1.82, 2.24) is 0 Å². The summed E-state index contributed by atoms with van der Waals surface area (Å²) >= 11 is 0. The molecule has 82 valence electrons. The molecule has 0 rings (SSSR count). The van der Waals surface area contributed by atoms with Crippen molar-refractivity contribution in [1.29, 1.82) is 0 Å². The van der Waals surface area contributed by atoms with E-state index in [2.05, 4.69) is 13.8 Å². The number of carbonyl (C=O) groups is 1. The van der Waals surface area contributed by atoms with Crippen molar-refractivity contribution < 1.29 is 9.53 Å². The molecule has 0 aliphatic heterocycles. The summed E-state index contributed by atoms with van der Waals surface area (Å²) in [6.07, 6.45) is 5.96. The molecule has 0 radical (unpaired) electrons. The third-order valence-electron chi connectivity index (χ3n) is 2.25. The van der Waals surface area contributed by atoms with E-state index in [4.69, 9.17) is 4.74 Å². The molecule has 0 aliphatic carbocycles. The van der Waals surface area contributed by atoms with Gasteiger partial charge >= 0.3 is 5.97 Å². The average Bonchev–Trinajstić information content (AvgIpc) is 2.17. The summed E-state index contributed by atoms with van der Waals surface area (Å²) in [5, 5.41) is 0. The van der Waals surface area contributed by atoms with Crippen molar-refractivity contribution in [3.63, 3.8) is 0 Å². The molecule has 0 aromatic rings. The van der Waals surface area contributed by atoms with Crippen LogP contribution in [0.4, 0.5) is 0 Å². The highest BCUT2D eigenvalue weighted by molar-refractivity contribution is 5.87. The molecule has 0 fully saturated rings. The Hall–Kier alpha value is -0.790. The minimum absolute atomic E-state index is 0.104. The highest BCUT2D eigenvalue weighted by Gasteiger charge is 2.13. The van der Waals surface area contributed by atoms with E-state index >= 15 is 0 Å². The Balaban J connectivity index is 4.08. The number of ether oxygens (including phenoxy) is 1. The molecule has 0 aromatic heterocycles. The largest absolute Gasteiger partial charge is 0.459 e. The lowest BCUT2D eigenvalue weighted by Gasteiger charge is -2.16. The number of hydrogen-bond donors (Lipinski definition) is 0. The SMILES string of the molecule is C/C=C(/C)C(=O)OC(CCC)CCC. The Bertz CT molecular complexity index is 188. The molecule has 2 heteroatoms. The standard InChI is InChI=1S/C12H22O2/c1-5-8-11(9-6-2)14-12(13)10(4)7-3/h7,11H,5-6,8-9H2,1-4H3/b10-7-. The van der Waals surface area contributed by atoms with E-state index in [1.165, 1.54) is 0 Å². The molecule has 0 unspecified atom stereocenters. The van der Waals surface area contributed by atoms with Gasteiger partial charge in [-0.3, -0.25) is 0 Å². The number of hydrogen-bond acceptors (Lipinski definition) is 2. The van der Waals surface area contributed by atoms with Gasteiger partial charge in [-0.25, -0.2) is 4.79 Å². The fourth-order valence-corrected chi connectivity index (χ4v) is 1.27. The zero-order valence-corrected chi connectivity index (χ0v) is 9.80. The lowest BCUT2D eigenvalue weighted by Crippen LogP contribution is -2.18. The molecular weight excluding hydrogens is 176 g/mol. The Morgan fingerprint density at radius 3 is 2.14 bits per heavy atom. The molecule has 0 aromatic carbocycles. The van der Waals surface area contributed by atoms with Crippen LogP contribution in [-0.4, -0.2) is 12.1 Å². The van der Waals surface area contributed by atoms with Crippen LogP contribution >= 0.6 is 0 Å². The van der Waals surface area contributed by atoms with Gasteiger partial charge in [0.25, 0.3) is 0 Å². The summed E-state index contributed by atoms with van der Waals surface area (Å²) in [7, 11) is 0. The minimum atomic E-state index is -0.167. The second-order valence-corrected chi connectivity index (χ2v) is 3.58. The van der Waals surface area contributed by atoms with Crippen molar-refractivity contribution >= 4 is 5.97 Å². The van der Waals surface area contributed by atoms with E-state index < -0.39 is 0 Å². The number of rotatable bonds is 6. The summed E-state index contributed by atoms with van der Waals surface area (Å²) in [5.41, 5.74) is 0.696. The van der Waals surface area contributed by atoms with Crippen LogP contribution in [0, 0.1) is 0 Å². The molecular formula is C12H22O2. The molecule has 14 heavy (non-hydrogen) atoms. The first-order valence-electron chi connectivity index (χ1n) is 5.49. The third-order valence-corrected chi connectivity index (χ3v) is 2.25. The quantitative estimate of drug-likeness (QED) is 0.482. The second kappa shape index (κ2) is 7.60. The lowest BCUT2D eigenvalue weighted by molar-refractivity contribution is -0.144.